The Morgan fingerprint density at radius 3 is 1.48 bits per heavy atom. The number of benzene rings is 4. The van der Waals surface area contributed by atoms with Gasteiger partial charge in [0.15, 0.2) is 0 Å². The number of carbonyl (C=O) groups is 2. The van der Waals surface area contributed by atoms with Gasteiger partial charge in [-0.2, -0.15) is 8.61 Å². The molecule has 0 saturated carbocycles. The monoisotopic (exact) mass is 1070 g/mol. The fourth-order valence-electron chi connectivity index (χ4n) is 8.59. The molecule has 0 unspecified atom stereocenters. The molecule has 14 nitrogen and oxygen atoms in total. The number of amides is 2. The maximum absolute atomic E-state index is 13.3. The van der Waals surface area contributed by atoms with Crippen molar-refractivity contribution >= 4 is 65.9 Å². The van der Waals surface area contributed by atoms with Crippen molar-refractivity contribution in [2.75, 3.05) is 51.0 Å². The summed E-state index contributed by atoms with van der Waals surface area (Å²) < 4.78 is 67.0. The first kappa shape index (κ1) is 55.0. The van der Waals surface area contributed by atoms with E-state index >= 15 is 0 Å². The summed E-state index contributed by atoms with van der Waals surface area (Å²) in [5.74, 6) is 0.742. The molecule has 0 aliphatic carbocycles. The lowest BCUT2D eigenvalue weighted by atomic mass is 9.87. The standard InChI is InChI=1S/C28H35N3O4S2.C27H33N3O4S2/c1-28(2,3)21-8-6-9-23(18-21)30-22-13-15-31(16-14-22)37(33,34)26-12-11-25(36-26)19-29-27(32)20-7-5-10-24(17-20)35-4;1-3-5-20-8-10-22(11-9-20)29-23-14-16-30(17-15-23)36(32,33)26-13-12-25(35-26)19-28-27(31)21-6-4-7-24(18-21)34-2/h5-12,17-18,22,30H,13-16,19H2,1-4H3,(H,29,32);4,6-13,18,23,29H,3,5,14-17,19H2,1-2H3,(H,28,31). The summed E-state index contributed by atoms with van der Waals surface area (Å²) in [7, 11) is -4.02. The van der Waals surface area contributed by atoms with Gasteiger partial charge < -0.3 is 30.7 Å². The highest BCUT2D eigenvalue weighted by atomic mass is 32.3. The molecule has 2 aliphatic rings. The number of carbonyl (C=O) groups excluding carboxylic acids is 2. The van der Waals surface area contributed by atoms with Gasteiger partial charge in [0.2, 0.25) is 0 Å². The smallest absolute Gasteiger partial charge is 0.252 e. The Labute approximate surface area is 439 Å². The van der Waals surface area contributed by atoms with E-state index in [9.17, 15) is 26.4 Å². The fraction of sp³-hybridized carbons (Fsp3) is 0.382. The number of thiophene rings is 2. The number of methoxy groups -OCH3 is 2. The summed E-state index contributed by atoms with van der Waals surface area (Å²) in [5, 5.41) is 12.8. The molecule has 4 N–H and O–H groups in total. The van der Waals surface area contributed by atoms with Crippen molar-refractivity contribution in [3.8, 4) is 11.5 Å². The number of aryl methyl sites for hydroxylation is 1. The summed E-state index contributed by atoms with van der Waals surface area (Å²) in [4.78, 5) is 26.5. The molecular weight excluding hydrogens is 1000 g/mol. The number of rotatable bonds is 18. The Hall–Kier alpha value is -5.76. The van der Waals surface area contributed by atoms with Crippen LogP contribution in [0.2, 0.25) is 0 Å². The molecule has 2 fully saturated rings. The van der Waals surface area contributed by atoms with E-state index in [0.29, 0.717) is 57.2 Å². The predicted octanol–water partition coefficient (Wildman–Crippen LogP) is 10.2. The van der Waals surface area contributed by atoms with Crippen LogP contribution in [0.4, 0.5) is 11.4 Å². The Bertz CT molecular complexity index is 3010. The first-order valence-electron chi connectivity index (χ1n) is 24.7. The number of nitrogens with one attached hydrogen (secondary N) is 4. The molecule has 6 aromatic rings. The van der Waals surface area contributed by atoms with Gasteiger partial charge in [-0.15, -0.1) is 22.7 Å². The minimum atomic E-state index is -3.57. The largest absolute Gasteiger partial charge is 0.497 e. The van der Waals surface area contributed by atoms with Gasteiger partial charge in [-0.05, 0) is 134 Å². The average Bonchev–Trinajstić information content (AvgIpc) is 4.10. The van der Waals surface area contributed by atoms with Crippen molar-refractivity contribution < 1.29 is 35.9 Å². The number of nitrogens with zero attached hydrogens (tertiary/aromatic N) is 2. The average molecular weight is 1070 g/mol. The molecule has 0 spiro atoms. The molecule has 0 atom stereocenters. The Kier molecular flexibility index (Phi) is 18.8. The van der Waals surface area contributed by atoms with Gasteiger partial charge in [-0.1, -0.05) is 70.5 Å². The van der Waals surface area contributed by atoms with Crippen LogP contribution in [0.5, 0.6) is 11.5 Å². The molecule has 73 heavy (non-hydrogen) atoms. The predicted molar refractivity (Wildman–Crippen MR) is 293 cm³/mol. The molecule has 0 bridgehead atoms. The lowest BCUT2D eigenvalue weighted by Crippen LogP contribution is -2.42. The summed E-state index contributed by atoms with van der Waals surface area (Å²) in [6.07, 6.45) is 5.20. The normalized spacial score (nSPS) is 15.2. The molecule has 2 aliphatic heterocycles. The maximum atomic E-state index is 13.3. The first-order valence-corrected chi connectivity index (χ1v) is 29.2. The third kappa shape index (κ3) is 14.9. The number of ether oxygens (including phenoxy) is 2. The number of anilines is 2. The lowest BCUT2D eigenvalue weighted by molar-refractivity contribution is 0.0943. The minimum absolute atomic E-state index is 0.0760. The van der Waals surface area contributed by atoms with Crippen molar-refractivity contribution in [1.29, 1.82) is 0 Å². The van der Waals surface area contributed by atoms with Gasteiger partial charge in [0.25, 0.3) is 31.9 Å². The Morgan fingerprint density at radius 1 is 0.589 bits per heavy atom. The van der Waals surface area contributed by atoms with Gasteiger partial charge in [0.05, 0.1) is 27.3 Å². The quantitative estimate of drug-likeness (QED) is 0.0648. The van der Waals surface area contributed by atoms with Gasteiger partial charge in [0.1, 0.15) is 19.9 Å². The summed E-state index contributed by atoms with van der Waals surface area (Å²) in [6, 6.07) is 38.1. The van der Waals surface area contributed by atoms with Crippen LogP contribution in [0.25, 0.3) is 0 Å². The fourth-order valence-corrected chi connectivity index (χ4v) is 14.4. The molecule has 4 heterocycles. The van der Waals surface area contributed by atoms with Crippen LogP contribution in [-0.2, 0) is 45.0 Å². The van der Waals surface area contributed by atoms with E-state index < -0.39 is 20.0 Å². The van der Waals surface area contributed by atoms with Crippen molar-refractivity contribution in [3.05, 3.63) is 153 Å². The zero-order chi connectivity index (χ0) is 52.2. The SMILES string of the molecule is CCCc1ccc(NC2CCN(S(=O)(=O)c3ccc(CNC(=O)c4cccc(OC)c4)s3)CC2)cc1.COc1cccc(C(=O)NCc2ccc(S(=O)(=O)N3CCC(Nc4cccc(C(C)(C)C)c4)CC3)s2)c1. The van der Waals surface area contributed by atoms with Crippen molar-refractivity contribution in [2.24, 2.45) is 0 Å². The van der Waals surface area contributed by atoms with E-state index in [2.05, 4.69) is 97.5 Å². The van der Waals surface area contributed by atoms with Crippen LogP contribution in [0.3, 0.4) is 0 Å². The van der Waals surface area contributed by atoms with Crippen molar-refractivity contribution in [2.45, 2.75) is 105 Å². The van der Waals surface area contributed by atoms with Gasteiger partial charge in [0, 0.05) is 70.5 Å². The number of piperidine rings is 2. The van der Waals surface area contributed by atoms with Crippen LogP contribution in [0, 0.1) is 0 Å². The third-order valence-corrected chi connectivity index (χ3v) is 19.7. The maximum Gasteiger partial charge on any atom is 0.252 e. The van der Waals surface area contributed by atoms with E-state index in [1.807, 2.05) is 0 Å². The van der Waals surface area contributed by atoms with E-state index in [-0.39, 0.29) is 42.4 Å². The van der Waals surface area contributed by atoms with Crippen molar-refractivity contribution in [1.82, 2.24) is 19.2 Å². The molecule has 2 aromatic heterocycles. The van der Waals surface area contributed by atoms with Crippen LogP contribution < -0.4 is 30.7 Å². The number of sulfonamides is 2. The molecule has 4 aromatic carbocycles. The van der Waals surface area contributed by atoms with Crippen LogP contribution in [0.15, 0.2) is 130 Å². The highest BCUT2D eigenvalue weighted by molar-refractivity contribution is 7.91. The first-order chi connectivity index (χ1) is 34.9. The van der Waals surface area contributed by atoms with Gasteiger partial charge in [-0.25, -0.2) is 16.8 Å². The number of hydrogen-bond donors (Lipinski definition) is 4. The van der Waals surface area contributed by atoms with E-state index in [0.717, 1.165) is 59.7 Å². The van der Waals surface area contributed by atoms with Crippen LogP contribution in [0.1, 0.15) is 101 Å². The highest BCUT2D eigenvalue weighted by Gasteiger charge is 2.32. The zero-order valence-corrected chi connectivity index (χ0v) is 45.7. The second kappa shape index (κ2) is 25.0. The summed E-state index contributed by atoms with van der Waals surface area (Å²) >= 11 is 2.40. The molecule has 390 valence electrons. The summed E-state index contributed by atoms with van der Waals surface area (Å²) in [5.41, 5.74) is 5.82. The Morgan fingerprint density at radius 2 is 1.04 bits per heavy atom. The third-order valence-electron chi connectivity index (χ3n) is 12.8. The second-order valence-electron chi connectivity index (χ2n) is 19.2. The molecular formula is C55H68N6O8S4. The second-order valence-corrected chi connectivity index (χ2v) is 25.9. The molecule has 0 radical (unpaired) electrons. The van der Waals surface area contributed by atoms with Crippen LogP contribution in [-0.4, -0.2) is 89.7 Å². The molecule has 2 saturated heterocycles. The number of hydrogen-bond acceptors (Lipinski definition) is 12. The molecule has 8 rings (SSSR count). The zero-order valence-electron chi connectivity index (χ0n) is 42.5. The van der Waals surface area contributed by atoms with E-state index in [1.165, 1.54) is 33.8 Å². The lowest BCUT2D eigenvalue weighted by Gasteiger charge is -2.32. The van der Waals surface area contributed by atoms with Crippen molar-refractivity contribution in [3.63, 3.8) is 0 Å². The highest BCUT2D eigenvalue weighted by Crippen LogP contribution is 2.31. The summed E-state index contributed by atoms with van der Waals surface area (Å²) in [6.45, 7) is 11.2. The topological polar surface area (TPSA) is 175 Å². The molecule has 18 heteroatoms. The van der Waals surface area contributed by atoms with Gasteiger partial charge in [-0.3, -0.25) is 9.59 Å². The molecule has 2 amide bonds. The van der Waals surface area contributed by atoms with E-state index in [1.54, 1.807) is 95.6 Å². The van der Waals surface area contributed by atoms with E-state index in [4.69, 9.17) is 9.47 Å². The Balaban J connectivity index is 0.000000214. The van der Waals surface area contributed by atoms with Crippen LogP contribution >= 0.6 is 22.7 Å². The van der Waals surface area contributed by atoms with Gasteiger partial charge >= 0.3 is 0 Å². The minimum Gasteiger partial charge on any atom is -0.497 e.